The molecule has 0 spiro atoms. The van der Waals surface area contributed by atoms with Crippen LogP contribution in [0.1, 0.15) is 24.8 Å². The second-order valence-corrected chi connectivity index (χ2v) is 7.83. The first-order chi connectivity index (χ1) is 13.3. The van der Waals surface area contributed by atoms with E-state index in [9.17, 15) is 24.6 Å². The van der Waals surface area contributed by atoms with Crippen molar-refractivity contribution in [3.05, 3.63) is 29.8 Å². The number of carboxylic acid groups (broad SMARTS) is 1. The number of thioether (sulfide) groups is 1. The van der Waals surface area contributed by atoms with E-state index in [0.717, 1.165) is 5.56 Å². The highest BCUT2D eigenvalue weighted by molar-refractivity contribution is 7.98. The lowest BCUT2D eigenvalue weighted by atomic mass is 10.0. The molecule has 0 aromatic heterocycles. The van der Waals surface area contributed by atoms with Gasteiger partial charge < -0.3 is 26.2 Å². The van der Waals surface area contributed by atoms with Crippen LogP contribution in [0.15, 0.2) is 24.3 Å². The summed E-state index contributed by atoms with van der Waals surface area (Å²) < 4.78 is 0. The molecule has 154 valence electrons. The van der Waals surface area contributed by atoms with Gasteiger partial charge in [0.1, 0.15) is 17.8 Å². The van der Waals surface area contributed by atoms with Gasteiger partial charge in [0.05, 0.1) is 6.04 Å². The second kappa shape index (κ2) is 10.3. The third kappa shape index (κ3) is 5.87. The lowest BCUT2D eigenvalue weighted by molar-refractivity contribution is -0.149. The summed E-state index contributed by atoms with van der Waals surface area (Å²) in [6, 6.07) is 3.90. The second-order valence-electron chi connectivity index (χ2n) is 6.85. The van der Waals surface area contributed by atoms with E-state index in [-0.39, 0.29) is 18.1 Å². The fourth-order valence-electron chi connectivity index (χ4n) is 3.24. The van der Waals surface area contributed by atoms with Crippen LogP contribution in [-0.4, -0.2) is 69.6 Å². The highest BCUT2D eigenvalue weighted by atomic mass is 32.2. The lowest BCUT2D eigenvalue weighted by Crippen LogP contribution is -2.55. The van der Waals surface area contributed by atoms with Crippen LogP contribution in [0.2, 0.25) is 0 Å². The summed E-state index contributed by atoms with van der Waals surface area (Å²) in [4.78, 5) is 38.2. The van der Waals surface area contributed by atoms with Crippen molar-refractivity contribution in [2.45, 2.75) is 43.8 Å². The molecular formula is C19H27N3O5S. The van der Waals surface area contributed by atoms with E-state index in [1.165, 1.54) is 17.0 Å². The third-order valence-electron chi connectivity index (χ3n) is 4.77. The summed E-state index contributed by atoms with van der Waals surface area (Å²) in [6.45, 7) is 0.376. The molecule has 0 bridgehead atoms. The molecule has 1 aromatic carbocycles. The van der Waals surface area contributed by atoms with Gasteiger partial charge in [-0.2, -0.15) is 11.8 Å². The predicted octanol–water partition coefficient (Wildman–Crippen LogP) is 0.576. The number of carbonyl (C=O) groups excluding carboxylic acids is 2. The Labute approximate surface area is 168 Å². The molecule has 1 saturated heterocycles. The Balaban J connectivity index is 2.03. The number of carboxylic acids is 1. The molecule has 0 aliphatic carbocycles. The largest absolute Gasteiger partial charge is 0.508 e. The van der Waals surface area contributed by atoms with Gasteiger partial charge in [0, 0.05) is 6.54 Å². The summed E-state index contributed by atoms with van der Waals surface area (Å²) in [5, 5.41) is 21.4. The first-order valence-corrected chi connectivity index (χ1v) is 10.6. The molecule has 28 heavy (non-hydrogen) atoms. The topological polar surface area (TPSA) is 133 Å². The zero-order valence-electron chi connectivity index (χ0n) is 15.8. The van der Waals surface area contributed by atoms with Gasteiger partial charge in [-0.1, -0.05) is 12.1 Å². The number of hydrogen-bond acceptors (Lipinski definition) is 6. The summed E-state index contributed by atoms with van der Waals surface area (Å²) in [7, 11) is 0. The van der Waals surface area contributed by atoms with Gasteiger partial charge in [-0.3, -0.25) is 9.59 Å². The van der Waals surface area contributed by atoms with Gasteiger partial charge >= 0.3 is 5.97 Å². The fourth-order valence-corrected chi connectivity index (χ4v) is 3.71. The average molecular weight is 410 g/mol. The summed E-state index contributed by atoms with van der Waals surface area (Å²) in [6.07, 6.45) is 3.62. The molecule has 3 unspecified atom stereocenters. The van der Waals surface area contributed by atoms with Crippen molar-refractivity contribution in [1.82, 2.24) is 10.2 Å². The summed E-state index contributed by atoms with van der Waals surface area (Å²) in [5.41, 5.74) is 6.78. The number of nitrogens with zero attached hydrogens (tertiary/aromatic N) is 1. The fraction of sp³-hybridized carbons (Fsp3) is 0.526. The number of hydrogen-bond donors (Lipinski definition) is 4. The molecular weight excluding hydrogens is 382 g/mol. The summed E-state index contributed by atoms with van der Waals surface area (Å²) >= 11 is 1.54. The Morgan fingerprint density at radius 1 is 1.32 bits per heavy atom. The van der Waals surface area contributed by atoms with Crippen molar-refractivity contribution in [2.24, 2.45) is 5.73 Å². The number of carbonyl (C=O) groups is 3. The van der Waals surface area contributed by atoms with Crippen LogP contribution in [0, 0.1) is 0 Å². The number of phenolic OH excluding ortho intramolecular Hbond substituents is 1. The molecule has 5 N–H and O–H groups in total. The first kappa shape index (κ1) is 22.0. The van der Waals surface area contributed by atoms with Crippen molar-refractivity contribution < 1.29 is 24.6 Å². The molecule has 9 heteroatoms. The number of nitrogens with one attached hydrogen (secondary N) is 1. The number of benzene rings is 1. The monoisotopic (exact) mass is 409 g/mol. The van der Waals surface area contributed by atoms with E-state index in [4.69, 9.17) is 5.73 Å². The van der Waals surface area contributed by atoms with Crippen molar-refractivity contribution >= 4 is 29.5 Å². The van der Waals surface area contributed by atoms with E-state index >= 15 is 0 Å². The maximum atomic E-state index is 12.9. The maximum absolute atomic E-state index is 12.9. The molecule has 2 amide bonds. The van der Waals surface area contributed by atoms with Gasteiger partial charge in [-0.05, 0) is 55.4 Å². The minimum Gasteiger partial charge on any atom is -0.508 e. The van der Waals surface area contributed by atoms with Crippen LogP contribution < -0.4 is 11.1 Å². The van der Waals surface area contributed by atoms with Crippen LogP contribution in [0.5, 0.6) is 5.75 Å². The van der Waals surface area contributed by atoms with Gasteiger partial charge in [-0.25, -0.2) is 4.79 Å². The zero-order chi connectivity index (χ0) is 20.7. The van der Waals surface area contributed by atoms with E-state index in [2.05, 4.69) is 5.32 Å². The van der Waals surface area contributed by atoms with Gasteiger partial charge in [0.15, 0.2) is 0 Å². The standard InChI is InChI=1S/C19H27N3O5S/c1-28-10-8-15(18(25)22-9-2-3-16(22)19(26)27)21-17(24)14(20)11-12-4-6-13(23)7-5-12/h4-7,14-16,23H,2-3,8-11,20H2,1H3,(H,21,24)(H,26,27). The highest BCUT2D eigenvalue weighted by Crippen LogP contribution is 2.20. The Morgan fingerprint density at radius 3 is 2.61 bits per heavy atom. The smallest absolute Gasteiger partial charge is 0.326 e. The molecule has 2 rings (SSSR count). The number of aromatic hydroxyl groups is 1. The molecule has 3 atom stereocenters. The van der Waals surface area contributed by atoms with Crippen LogP contribution in [0.3, 0.4) is 0 Å². The molecule has 0 saturated carbocycles. The van der Waals surface area contributed by atoms with E-state index in [1.807, 2.05) is 6.26 Å². The minimum absolute atomic E-state index is 0.128. The molecule has 8 nitrogen and oxygen atoms in total. The third-order valence-corrected chi connectivity index (χ3v) is 5.42. The lowest BCUT2D eigenvalue weighted by Gasteiger charge is -2.28. The highest BCUT2D eigenvalue weighted by Gasteiger charge is 2.37. The molecule has 1 aliphatic heterocycles. The normalized spacial score (nSPS) is 18.5. The Bertz CT molecular complexity index is 697. The molecule has 1 aromatic rings. The molecule has 1 fully saturated rings. The Kier molecular flexibility index (Phi) is 8.13. The van der Waals surface area contributed by atoms with Gasteiger partial charge in [-0.15, -0.1) is 0 Å². The van der Waals surface area contributed by atoms with Gasteiger partial charge in [0.2, 0.25) is 11.8 Å². The van der Waals surface area contributed by atoms with E-state index in [1.54, 1.807) is 23.9 Å². The van der Waals surface area contributed by atoms with Crippen molar-refractivity contribution in [3.63, 3.8) is 0 Å². The number of phenols is 1. The number of rotatable bonds is 9. The van der Waals surface area contributed by atoms with E-state index < -0.39 is 30.0 Å². The number of aliphatic carboxylic acids is 1. The number of amides is 2. The van der Waals surface area contributed by atoms with Crippen LogP contribution >= 0.6 is 11.8 Å². The average Bonchev–Trinajstić information content (AvgIpc) is 3.16. The van der Waals surface area contributed by atoms with Crippen LogP contribution in [-0.2, 0) is 20.8 Å². The zero-order valence-corrected chi connectivity index (χ0v) is 16.7. The predicted molar refractivity (Wildman–Crippen MR) is 107 cm³/mol. The van der Waals surface area contributed by atoms with Gasteiger partial charge in [0.25, 0.3) is 0 Å². The van der Waals surface area contributed by atoms with E-state index in [0.29, 0.717) is 31.6 Å². The molecule has 1 aliphatic rings. The minimum atomic E-state index is -1.02. The van der Waals surface area contributed by atoms with Crippen LogP contribution in [0.4, 0.5) is 0 Å². The van der Waals surface area contributed by atoms with Crippen molar-refractivity contribution in [3.8, 4) is 5.75 Å². The maximum Gasteiger partial charge on any atom is 0.326 e. The van der Waals surface area contributed by atoms with Crippen LogP contribution in [0.25, 0.3) is 0 Å². The number of nitrogens with two attached hydrogens (primary N) is 1. The molecule has 1 heterocycles. The first-order valence-electron chi connectivity index (χ1n) is 9.19. The Morgan fingerprint density at radius 2 is 2.00 bits per heavy atom. The molecule has 0 radical (unpaired) electrons. The van der Waals surface area contributed by atoms with Crippen molar-refractivity contribution in [2.75, 3.05) is 18.6 Å². The number of likely N-dealkylation sites (tertiary alicyclic amines) is 1. The quantitative estimate of drug-likeness (QED) is 0.469. The SMILES string of the molecule is CSCCC(NC(=O)C(N)Cc1ccc(O)cc1)C(=O)N1CCCC1C(=O)O. The Hall–Kier alpha value is -2.26. The summed E-state index contributed by atoms with van der Waals surface area (Å²) in [5.74, 6) is -1.08. The van der Waals surface area contributed by atoms with Crippen molar-refractivity contribution in [1.29, 1.82) is 0 Å².